The number of carbonyl (C=O) groups excluding carboxylic acids is 5. The molecule has 5 amide bonds. The van der Waals surface area contributed by atoms with Crippen LogP contribution in [0.4, 0.5) is 0 Å². The maximum atomic E-state index is 12.3. The van der Waals surface area contributed by atoms with Gasteiger partial charge in [0.15, 0.2) is 0 Å². The number of carboxylic acids is 1. The quantitative estimate of drug-likeness (QED) is 0.182. The molecule has 13 heteroatoms. The Morgan fingerprint density at radius 1 is 0.647 bits per heavy atom. The molecule has 0 bridgehead atoms. The molecule has 0 radical (unpaired) electrons. The highest BCUT2D eigenvalue weighted by molar-refractivity contribution is 5.86. The third-order valence-corrected chi connectivity index (χ3v) is 4.77. The number of hydrogen-bond acceptors (Lipinski definition) is 7. The van der Waals surface area contributed by atoms with Crippen LogP contribution in [0.3, 0.4) is 0 Å². The van der Waals surface area contributed by atoms with Crippen LogP contribution in [0.1, 0.15) is 40.0 Å². The second-order valence-corrected chi connectivity index (χ2v) is 7.39. The highest BCUT2D eigenvalue weighted by Crippen LogP contribution is 1.97. The van der Waals surface area contributed by atoms with E-state index in [1.54, 1.807) is 20.8 Å². The van der Waals surface area contributed by atoms with E-state index >= 15 is 0 Å². The van der Waals surface area contributed by atoms with Crippen LogP contribution in [0.25, 0.3) is 0 Å². The van der Waals surface area contributed by atoms with Crippen molar-refractivity contribution >= 4 is 35.5 Å². The lowest BCUT2D eigenvalue weighted by molar-refractivity contribution is -0.144. The topological polar surface area (TPSA) is 182 Å². The Bertz CT molecular complexity index is 716. The average Bonchev–Trinajstić information content (AvgIpc) is 2.80. The zero-order chi connectivity index (χ0) is 26.1. The maximum Gasteiger partial charge on any atom is 0.323 e. The molecule has 5 N–H and O–H groups in total. The van der Waals surface area contributed by atoms with E-state index in [1.807, 2.05) is 0 Å². The second kappa shape index (κ2) is 17.3. The van der Waals surface area contributed by atoms with E-state index in [0.29, 0.717) is 0 Å². The monoisotopic (exact) mass is 486 g/mol. The molecule has 34 heavy (non-hydrogen) atoms. The minimum Gasteiger partial charge on any atom is -0.480 e. The fraction of sp³-hybridized carbons (Fsp3) is 0.714. The Balaban J connectivity index is 4.67. The number of carboxylic acid groups (broad SMARTS) is 1. The van der Waals surface area contributed by atoms with Gasteiger partial charge in [-0.3, -0.25) is 28.8 Å². The van der Waals surface area contributed by atoms with Crippen LogP contribution in [0.5, 0.6) is 0 Å². The second-order valence-electron chi connectivity index (χ2n) is 7.39. The van der Waals surface area contributed by atoms with Crippen molar-refractivity contribution in [2.75, 3.05) is 58.9 Å². The summed E-state index contributed by atoms with van der Waals surface area (Å²) in [6.07, 6.45) is 0.554. The van der Waals surface area contributed by atoms with Crippen LogP contribution < -0.4 is 16.4 Å². The number of rotatable bonds is 17. The molecule has 0 unspecified atom stereocenters. The molecule has 0 aliphatic heterocycles. The standard InChI is InChI=1S/C21H38N6O7/c1-4-18(30)25(10-7-22)13-16(28)23-8-11-26(19(31)5-2)14-17(29)24-9-12-27(15-21(33)34)20(32)6-3/h4-15,22H2,1-3H3,(H,23,28)(H,24,29)(H,33,34). The normalized spacial score (nSPS) is 10.2. The van der Waals surface area contributed by atoms with E-state index in [9.17, 15) is 28.8 Å². The zero-order valence-electron chi connectivity index (χ0n) is 20.3. The highest BCUT2D eigenvalue weighted by atomic mass is 16.4. The Hall–Kier alpha value is -3.22. The Kier molecular flexibility index (Phi) is 15.6. The SMILES string of the molecule is CCC(=O)N(CCNC(=O)CN(CCNC(=O)CN(CCN)C(=O)CC)C(=O)CC)CC(=O)O. The van der Waals surface area contributed by atoms with Crippen LogP contribution in [-0.4, -0.2) is 114 Å². The summed E-state index contributed by atoms with van der Waals surface area (Å²) in [5.74, 6) is -2.86. The lowest BCUT2D eigenvalue weighted by Crippen LogP contribution is -2.47. The summed E-state index contributed by atoms with van der Waals surface area (Å²) < 4.78 is 0. The summed E-state index contributed by atoms with van der Waals surface area (Å²) in [5, 5.41) is 14.1. The molecule has 0 rings (SSSR count). The van der Waals surface area contributed by atoms with Crippen molar-refractivity contribution in [1.29, 1.82) is 0 Å². The van der Waals surface area contributed by atoms with Crippen LogP contribution in [0.15, 0.2) is 0 Å². The van der Waals surface area contributed by atoms with Crippen molar-refractivity contribution in [3.8, 4) is 0 Å². The molecule has 0 aliphatic rings. The fourth-order valence-corrected chi connectivity index (χ4v) is 2.98. The number of hydrogen-bond donors (Lipinski definition) is 4. The van der Waals surface area contributed by atoms with Gasteiger partial charge in [-0.15, -0.1) is 0 Å². The molecular weight excluding hydrogens is 448 g/mol. The summed E-state index contributed by atoms with van der Waals surface area (Å²) >= 11 is 0. The first kappa shape index (κ1) is 30.8. The number of nitrogens with one attached hydrogen (secondary N) is 2. The van der Waals surface area contributed by atoms with Gasteiger partial charge in [-0.05, 0) is 0 Å². The van der Waals surface area contributed by atoms with Crippen molar-refractivity contribution in [3.63, 3.8) is 0 Å². The van der Waals surface area contributed by atoms with E-state index in [-0.39, 0.29) is 89.3 Å². The largest absolute Gasteiger partial charge is 0.480 e. The third-order valence-electron chi connectivity index (χ3n) is 4.77. The summed E-state index contributed by atoms with van der Waals surface area (Å²) in [4.78, 5) is 74.9. The average molecular weight is 487 g/mol. The minimum absolute atomic E-state index is 0.0261. The fourth-order valence-electron chi connectivity index (χ4n) is 2.98. The van der Waals surface area contributed by atoms with Crippen molar-refractivity contribution < 1.29 is 33.9 Å². The summed E-state index contributed by atoms with van der Waals surface area (Å²) in [6, 6.07) is 0. The Morgan fingerprint density at radius 2 is 1.00 bits per heavy atom. The molecule has 0 aromatic rings. The van der Waals surface area contributed by atoms with Crippen LogP contribution in [-0.2, 0) is 28.8 Å². The summed E-state index contributed by atoms with van der Waals surface area (Å²) in [6.45, 7) is 4.81. The van der Waals surface area contributed by atoms with Gasteiger partial charge in [0.25, 0.3) is 0 Å². The first-order valence-corrected chi connectivity index (χ1v) is 11.4. The van der Waals surface area contributed by atoms with Gasteiger partial charge in [0.1, 0.15) is 6.54 Å². The van der Waals surface area contributed by atoms with Crippen molar-refractivity contribution in [2.24, 2.45) is 5.73 Å². The van der Waals surface area contributed by atoms with E-state index in [1.165, 1.54) is 9.80 Å². The van der Waals surface area contributed by atoms with E-state index in [0.717, 1.165) is 4.90 Å². The molecule has 0 fully saturated rings. The van der Waals surface area contributed by atoms with Gasteiger partial charge in [-0.2, -0.15) is 0 Å². The molecule has 0 heterocycles. The lowest BCUT2D eigenvalue weighted by Gasteiger charge is -2.24. The molecule has 0 saturated heterocycles. The molecule has 194 valence electrons. The molecule has 0 aromatic heterocycles. The van der Waals surface area contributed by atoms with Gasteiger partial charge in [0.05, 0.1) is 13.1 Å². The molecule has 0 aliphatic carbocycles. The first-order valence-electron chi connectivity index (χ1n) is 11.4. The third kappa shape index (κ3) is 12.7. The lowest BCUT2D eigenvalue weighted by atomic mass is 10.3. The smallest absolute Gasteiger partial charge is 0.323 e. The Morgan fingerprint density at radius 3 is 1.32 bits per heavy atom. The van der Waals surface area contributed by atoms with Gasteiger partial charge < -0.3 is 36.2 Å². The molecular formula is C21H38N6O7. The maximum absolute atomic E-state index is 12.3. The predicted molar refractivity (Wildman–Crippen MR) is 123 cm³/mol. The minimum atomic E-state index is -1.15. The predicted octanol–water partition coefficient (Wildman–Crippen LogP) is -2.02. The van der Waals surface area contributed by atoms with Crippen molar-refractivity contribution in [1.82, 2.24) is 25.3 Å². The number of nitrogens with zero attached hydrogens (tertiary/aromatic N) is 3. The van der Waals surface area contributed by atoms with E-state index in [4.69, 9.17) is 10.8 Å². The number of aliphatic carboxylic acids is 1. The molecule has 0 saturated carbocycles. The molecule has 0 atom stereocenters. The highest BCUT2D eigenvalue weighted by Gasteiger charge is 2.19. The van der Waals surface area contributed by atoms with E-state index in [2.05, 4.69) is 10.6 Å². The van der Waals surface area contributed by atoms with Gasteiger partial charge in [-0.25, -0.2) is 0 Å². The molecule has 0 spiro atoms. The van der Waals surface area contributed by atoms with Gasteiger partial charge >= 0.3 is 5.97 Å². The van der Waals surface area contributed by atoms with Gasteiger partial charge in [0, 0.05) is 58.5 Å². The molecule has 0 aromatic carbocycles. The zero-order valence-corrected chi connectivity index (χ0v) is 20.3. The van der Waals surface area contributed by atoms with Gasteiger partial charge in [0.2, 0.25) is 29.5 Å². The van der Waals surface area contributed by atoms with Gasteiger partial charge in [-0.1, -0.05) is 20.8 Å². The van der Waals surface area contributed by atoms with E-state index < -0.39 is 24.3 Å². The number of carbonyl (C=O) groups is 6. The summed E-state index contributed by atoms with van der Waals surface area (Å²) in [7, 11) is 0. The van der Waals surface area contributed by atoms with Crippen LogP contribution in [0, 0.1) is 0 Å². The number of amides is 5. The van der Waals surface area contributed by atoms with Crippen molar-refractivity contribution in [2.45, 2.75) is 40.0 Å². The van der Waals surface area contributed by atoms with Crippen LogP contribution in [0.2, 0.25) is 0 Å². The van der Waals surface area contributed by atoms with Crippen molar-refractivity contribution in [3.05, 3.63) is 0 Å². The number of nitrogens with two attached hydrogens (primary N) is 1. The summed E-state index contributed by atoms with van der Waals surface area (Å²) in [5.41, 5.74) is 5.47. The van der Waals surface area contributed by atoms with Crippen LogP contribution >= 0.6 is 0 Å². The molecule has 13 nitrogen and oxygen atoms in total. The Labute approximate surface area is 200 Å². The first-order chi connectivity index (χ1) is 16.1.